The summed E-state index contributed by atoms with van der Waals surface area (Å²) in [6, 6.07) is -0.0698. The highest BCUT2D eigenvalue weighted by molar-refractivity contribution is 7.15. The summed E-state index contributed by atoms with van der Waals surface area (Å²) in [6.07, 6.45) is 1.77. The topological polar surface area (TPSA) is 45.2 Å². The first-order valence-corrected chi connectivity index (χ1v) is 5.98. The SMILES string of the molecule is CC1C(=O)NCCN1Cc1cnc(Cl)s1. The molecule has 15 heavy (non-hydrogen) atoms. The Morgan fingerprint density at radius 1 is 1.80 bits per heavy atom. The maximum absolute atomic E-state index is 11.4. The van der Waals surface area contributed by atoms with E-state index in [0.29, 0.717) is 4.47 Å². The standard InChI is InChI=1S/C9H12ClN3OS/c1-6-8(14)11-2-3-13(6)5-7-4-12-9(10)15-7/h4,6H,2-3,5H2,1H3,(H,11,14). The molecule has 0 aliphatic carbocycles. The van der Waals surface area contributed by atoms with Crippen LogP contribution in [-0.2, 0) is 11.3 Å². The van der Waals surface area contributed by atoms with Crippen LogP contribution < -0.4 is 5.32 Å². The first-order chi connectivity index (χ1) is 7.16. The normalized spacial score (nSPS) is 22.8. The van der Waals surface area contributed by atoms with Crippen LogP contribution in [-0.4, -0.2) is 34.9 Å². The van der Waals surface area contributed by atoms with Crippen molar-refractivity contribution in [3.8, 4) is 0 Å². The van der Waals surface area contributed by atoms with Crippen molar-refractivity contribution in [1.29, 1.82) is 0 Å². The van der Waals surface area contributed by atoms with Gasteiger partial charge in [0.25, 0.3) is 0 Å². The Balaban J connectivity index is 2.02. The van der Waals surface area contributed by atoms with Crippen molar-refractivity contribution in [3.63, 3.8) is 0 Å². The zero-order valence-electron chi connectivity index (χ0n) is 8.36. The molecule has 0 saturated carbocycles. The largest absolute Gasteiger partial charge is 0.353 e. The number of amides is 1. The average molecular weight is 246 g/mol. The van der Waals surface area contributed by atoms with Gasteiger partial charge in [0.2, 0.25) is 5.91 Å². The van der Waals surface area contributed by atoms with Gasteiger partial charge in [-0.3, -0.25) is 9.69 Å². The van der Waals surface area contributed by atoms with Crippen LogP contribution in [0.5, 0.6) is 0 Å². The lowest BCUT2D eigenvalue weighted by Crippen LogP contribution is -2.53. The molecule has 0 aromatic carbocycles. The number of hydrogen-bond donors (Lipinski definition) is 1. The molecule has 1 saturated heterocycles. The second-order valence-corrected chi connectivity index (χ2v) is 5.21. The highest BCUT2D eigenvalue weighted by Gasteiger charge is 2.25. The van der Waals surface area contributed by atoms with E-state index in [1.807, 2.05) is 6.92 Å². The fourth-order valence-corrected chi connectivity index (χ4v) is 2.61. The molecule has 2 rings (SSSR count). The summed E-state index contributed by atoms with van der Waals surface area (Å²) in [7, 11) is 0. The molecule has 4 nitrogen and oxygen atoms in total. The lowest BCUT2D eigenvalue weighted by molar-refractivity contribution is -0.128. The summed E-state index contributed by atoms with van der Waals surface area (Å²) in [4.78, 5) is 18.6. The van der Waals surface area contributed by atoms with Crippen molar-refractivity contribution >= 4 is 28.8 Å². The van der Waals surface area contributed by atoms with Crippen LogP contribution in [0.2, 0.25) is 4.47 Å². The minimum Gasteiger partial charge on any atom is -0.353 e. The van der Waals surface area contributed by atoms with Crippen molar-refractivity contribution < 1.29 is 4.79 Å². The lowest BCUT2D eigenvalue weighted by Gasteiger charge is -2.32. The molecule has 1 fully saturated rings. The predicted octanol–water partition coefficient (Wildman–Crippen LogP) is 1.12. The van der Waals surface area contributed by atoms with Crippen LogP contribution in [0.15, 0.2) is 6.20 Å². The van der Waals surface area contributed by atoms with Crippen LogP contribution >= 0.6 is 22.9 Å². The maximum atomic E-state index is 11.4. The molecule has 1 N–H and O–H groups in total. The third-order valence-electron chi connectivity index (χ3n) is 2.51. The minimum absolute atomic E-state index is 0.0698. The van der Waals surface area contributed by atoms with Crippen molar-refractivity contribution in [1.82, 2.24) is 15.2 Å². The number of nitrogens with zero attached hydrogens (tertiary/aromatic N) is 2. The molecule has 1 aromatic rings. The Morgan fingerprint density at radius 2 is 2.60 bits per heavy atom. The Bertz CT molecular complexity index is 368. The highest BCUT2D eigenvalue weighted by atomic mass is 35.5. The Hall–Kier alpha value is -0.650. The van der Waals surface area contributed by atoms with Crippen LogP contribution in [0.4, 0.5) is 0 Å². The van der Waals surface area contributed by atoms with E-state index >= 15 is 0 Å². The van der Waals surface area contributed by atoms with Crippen molar-refractivity contribution in [3.05, 3.63) is 15.5 Å². The number of hydrogen-bond acceptors (Lipinski definition) is 4. The fraction of sp³-hybridized carbons (Fsp3) is 0.556. The third-order valence-corrected chi connectivity index (χ3v) is 3.61. The first kappa shape index (κ1) is 10.9. The Morgan fingerprint density at radius 3 is 3.27 bits per heavy atom. The van der Waals surface area contributed by atoms with E-state index in [1.165, 1.54) is 11.3 Å². The summed E-state index contributed by atoms with van der Waals surface area (Å²) in [5, 5.41) is 2.83. The summed E-state index contributed by atoms with van der Waals surface area (Å²) >= 11 is 7.22. The lowest BCUT2D eigenvalue weighted by atomic mass is 10.2. The van der Waals surface area contributed by atoms with Gasteiger partial charge in [-0.05, 0) is 6.92 Å². The number of rotatable bonds is 2. The second-order valence-electron chi connectivity index (χ2n) is 3.52. The highest BCUT2D eigenvalue weighted by Crippen LogP contribution is 2.20. The van der Waals surface area contributed by atoms with Crippen molar-refractivity contribution in [2.45, 2.75) is 19.5 Å². The molecule has 0 spiro atoms. The fourth-order valence-electron chi connectivity index (χ4n) is 1.60. The van der Waals surface area contributed by atoms with Gasteiger partial charge >= 0.3 is 0 Å². The quantitative estimate of drug-likeness (QED) is 0.849. The van der Waals surface area contributed by atoms with Gasteiger partial charge in [-0.2, -0.15) is 0 Å². The number of aromatic nitrogens is 1. The molecule has 6 heteroatoms. The number of nitrogens with one attached hydrogen (secondary N) is 1. The van der Waals surface area contributed by atoms with E-state index in [9.17, 15) is 4.79 Å². The van der Waals surface area contributed by atoms with E-state index in [2.05, 4.69) is 15.2 Å². The summed E-state index contributed by atoms with van der Waals surface area (Å²) in [5.41, 5.74) is 0. The maximum Gasteiger partial charge on any atom is 0.237 e. The molecular weight excluding hydrogens is 234 g/mol. The first-order valence-electron chi connectivity index (χ1n) is 4.79. The summed E-state index contributed by atoms with van der Waals surface area (Å²) in [5.74, 6) is 0.0943. The van der Waals surface area contributed by atoms with E-state index in [0.717, 1.165) is 24.5 Å². The van der Waals surface area contributed by atoms with Gasteiger partial charge in [-0.1, -0.05) is 11.6 Å². The second kappa shape index (κ2) is 4.47. The van der Waals surface area contributed by atoms with E-state index < -0.39 is 0 Å². The molecule has 1 amide bonds. The molecule has 0 bridgehead atoms. The van der Waals surface area contributed by atoms with Crippen LogP contribution in [0.25, 0.3) is 0 Å². The smallest absolute Gasteiger partial charge is 0.237 e. The van der Waals surface area contributed by atoms with Crippen LogP contribution in [0.3, 0.4) is 0 Å². The van der Waals surface area contributed by atoms with Gasteiger partial charge in [0, 0.05) is 30.7 Å². The molecule has 1 aromatic heterocycles. The number of carbonyl (C=O) groups is 1. The molecule has 1 atom stereocenters. The van der Waals surface area contributed by atoms with E-state index in [1.54, 1.807) is 6.20 Å². The van der Waals surface area contributed by atoms with Crippen LogP contribution in [0, 0.1) is 0 Å². The molecule has 2 heterocycles. The van der Waals surface area contributed by atoms with E-state index in [-0.39, 0.29) is 11.9 Å². The zero-order chi connectivity index (χ0) is 10.8. The molecule has 1 aliphatic heterocycles. The molecule has 1 unspecified atom stereocenters. The monoisotopic (exact) mass is 245 g/mol. The predicted molar refractivity (Wildman–Crippen MR) is 60.0 cm³/mol. The number of carbonyl (C=O) groups excluding carboxylic acids is 1. The molecule has 82 valence electrons. The van der Waals surface area contributed by atoms with Gasteiger partial charge in [-0.15, -0.1) is 11.3 Å². The van der Waals surface area contributed by atoms with Crippen LogP contribution in [0.1, 0.15) is 11.8 Å². The van der Waals surface area contributed by atoms with Gasteiger partial charge in [0.15, 0.2) is 4.47 Å². The van der Waals surface area contributed by atoms with Gasteiger partial charge in [-0.25, -0.2) is 4.98 Å². The molecule has 0 radical (unpaired) electrons. The minimum atomic E-state index is -0.0698. The number of halogens is 1. The Labute approximate surface area is 97.2 Å². The Kier molecular flexibility index (Phi) is 3.23. The van der Waals surface area contributed by atoms with E-state index in [4.69, 9.17) is 11.6 Å². The zero-order valence-corrected chi connectivity index (χ0v) is 9.94. The number of thiazole rings is 1. The average Bonchev–Trinajstić information content (AvgIpc) is 2.59. The molecular formula is C9H12ClN3OS. The van der Waals surface area contributed by atoms with Gasteiger partial charge < -0.3 is 5.32 Å². The number of piperazine rings is 1. The summed E-state index contributed by atoms with van der Waals surface area (Å²) in [6.45, 7) is 4.26. The third kappa shape index (κ3) is 2.48. The molecule has 1 aliphatic rings. The summed E-state index contributed by atoms with van der Waals surface area (Å²) < 4.78 is 0.555. The van der Waals surface area contributed by atoms with Gasteiger partial charge in [0.05, 0.1) is 6.04 Å². The van der Waals surface area contributed by atoms with Crippen molar-refractivity contribution in [2.24, 2.45) is 0 Å². The van der Waals surface area contributed by atoms with Crippen molar-refractivity contribution in [2.75, 3.05) is 13.1 Å². The van der Waals surface area contributed by atoms with Gasteiger partial charge in [0.1, 0.15) is 0 Å².